The van der Waals surface area contributed by atoms with Crippen LogP contribution in [0.15, 0.2) is 48.5 Å². The standard InChI is InChI=1S/C23H30N2O2/c1-17-14-25-10-9-24(15-18-5-3-7-21(26)11-18)16-20(25)13-23(17,2)19-6-4-8-22(27)12-19/h3-8,11-12,17,20,26-27H,9-10,13-16H2,1-2H3/t17-,20+,23?/m0/s1. The molecule has 2 heterocycles. The molecular weight excluding hydrogens is 336 g/mol. The molecule has 2 aliphatic rings. The first-order chi connectivity index (χ1) is 12.9. The van der Waals surface area contributed by atoms with Crippen molar-refractivity contribution in [3.8, 4) is 11.5 Å². The molecule has 0 aliphatic carbocycles. The maximum Gasteiger partial charge on any atom is 0.115 e. The van der Waals surface area contributed by atoms with E-state index in [2.05, 4.69) is 35.8 Å². The minimum atomic E-state index is 0.0773. The van der Waals surface area contributed by atoms with Crippen LogP contribution in [0.2, 0.25) is 0 Å². The van der Waals surface area contributed by atoms with Gasteiger partial charge in [0, 0.05) is 38.8 Å². The van der Waals surface area contributed by atoms with E-state index in [0.29, 0.717) is 23.5 Å². The van der Waals surface area contributed by atoms with Crippen molar-refractivity contribution in [2.45, 2.75) is 38.3 Å². The van der Waals surface area contributed by atoms with Crippen LogP contribution in [0.5, 0.6) is 11.5 Å². The van der Waals surface area contributed by atoms with Crippen molar-refractivity contribution >= 4 is 0 Å². The Labute approximate surface area is 162 Å². The molecule has 0 amide bonds. The summed E-state index contributed by atoms with van der Waals surface area (Å²) in [7, 11) is 0. The number of benzene rings is 2. The minimum Gasteiger partial charge on any atom is -0.508 e. The fourth-order valence-electron chi connectivity index (χ4n) is 4.96. The molecule has 1 unspecified atom stereocenters. The molecule has 4 heteroatoms. The number of phenolic OH excluding ortho intramolecular Hbond substituents is 2. The monoisotopic (exact) mass is 366 g/mol. The van der Waals surface area contributed by atoms with Crippen molar-refractivity contribution in [2.24, 2.45) is 5.92 Å². The molecule has 0 spiro atoms. The van der Waals surface area contributed by atoms with Gasteiger partial charge >= 0.3 is 0 Å². The van der Waals surface area contributed by atoms with Gasteiger partial charge in [0.2, 0.25) is 0 Å². The van der Waals surface area contributed by atoms with Gasteiger partial charge in [0.1, 0.15) is 11.5 Å². The Balaban J connectivity index is 1.50. The van der Waals surface area contributed by atoms with E-state index in [1.54, 1.807) is 12.1 Å². The first-order valence-corrected chi connectivity index (χ1v) is 9.98. The van der Waals surface area contributed by atoms with E-state index in [1.165, 1.54) is 11.1 Å². The van der Waals surface area contributed by atoms with E-state index in [-0.39, 0.29) is 5.41 Å². The molecule has 0 aromatic heterocycles. The molecule has 4 nitrogen and oxygen atoms in total. The Morgan fingerprint density at radius 3 is 2.48 bits per heavy atom. The van der Waals surface area contributed by atoms with E-state index in [9.17, 15) is 10.2 Å². The molecule has 2 saturated heterocycles. The second-order valence-electron chi connectivity index (χ2n) is 8.63. The van der Waals surface area contributed by atoms with Gasteiger partial charge in [-0.15, -0.1) is 0 Å². The van der Waals surface area contributed by atoms with Crippen molar-refractivity contribution in [2.75, 3.05) is 26.2 Å². The number of hydrogen-bond acceptors (Lipinski definition) is 4. The van der Waals surface area contributed by atoms with Gasteiger partial charge in [0.25, 0.3) is 0 Å². The lowest BCUT2D eigenvalue weighted by atomic mass is 9.65. The third kappa shape index (κ3) is 3.69. The predicted octanol–water partition coefficient (Wildman–Crippen LogP) is 3.58. The summed E-state index contributed by atoms with van der Waals surface area (Å²) in [5.41, 5.74) is 2.50. The normalized spacial score (nSPS) is 29.4. The van der Waals surface area contributed by atoms with Crippen LogP contribution >= 0.6 is 0 Å². The SMILES string of the molecule is C[C@H]1CN2CCN(Cc3cccc(O)c3)C[C@H]2CC1(C)c1cccc(O)c1. The van der Waals surface area contributed by atoms with Crippen LogP contribution in [0.4, 0.5) is 0 Å². The van der Waals surface area contributed by atoms with E-state index in [1.807, 2.05) is 24.3 Å². The Hall–Kier alpha value is -2.04. The summed E-state index contributed by atoms with van der Waals surface area (Å²) in [5.74, 6) is 1.25. The largest absolute Gasteiger partial charge is 0.508 e. The third-order valence-electron chi connectivity index (χ3n) is 6.77. The Morgan fingerprint density at radius 1 is 1.00 bits per heavy atom. The highest BCUT2D eigenvalue weighted by molar-refractivity contribution is 5.34. The molecule has 0 bridgehead atoms. The molecule has 2 aromatic rings. The smallest absolute Gasteiger partial charge is 0.115 e. The molecule has 144 valence electrons. The van der Waals surface area contributed by atoms with Gasteiger partial charge in [-0.05, 0) is 53.1 Å². The Morgan fingerprint density at radius 2 is 1.74 bits per heavy atom. The fourth-order valence-corrected chi connectivity index (χ4v) is 4.96. The first-order valence-electron chi connectivity index (χ1n) is 9.98. The van der Waals surface area contributed by atoms with Gasteiger partial charge in [0.05, 0.1) is 0 Å². The molecule has 0 radical (unpaired) electrons. The van der Waals surface area contributed by atoms with E-state index in [0.717, 1.165) is 39.1 Å². The number of nitrogens with zero attached hydrogens (tertiary/aromatic N) is 2. The minimum absolute atomic E-state index is 0.0773. The molecule has 3 atom stereocenters. The van der Waals surface area contributed by atoms with Crippen molar-refractivity contribution in [3.63, 3.8) is 0 Å². The number of piperidine rings is 1. The zero-order chi connectivity index (χ0) is 19.0. The van der Waals surface area contributed by atoms with Crippen LogP contribution in [0.1, 0.15) is 31.4 Å². The molecule has 2 fully saturated rings. The fraction of sp³-hybridized carbons (Fsp3) is 0.478. The molecule has 2 aromatic carbocycles. The molecule has 2 N–H and O–H groups in total. The average molecular weight is 367 g/mol. The molecule has 27 heavy (non-hydrogen) atoms. The number of piperazine rings is 1. The number of aromatic hydroxyl groups is 2. The zero-order valence-electron chi connectivity index (χ0n) is 16.3. The molecular formula is C23H30N2O2. The molecule has 2 aliphatic heterocycles. The highest BCUT2D eigenvalue weighted by Gasteiger charge is 2.44. The predicted molar refractivity (Wildman–Crippen MR) is 108 cm³/mol. The average Bonchev–Trinajstić information content (AvgIpc) is 2.63. The van der Waals surface area contributed by atoms with Gasteiger partial charge in [0.15, 0.2) is 0 Å². The first kappa shape index (κ1) is 18.3. The lowest BCUT2D eigenvalue weighted by molar-refractivity contribution is -0.00558. The molecule has 4 rings (SSSR count). The van der Waals surface area contributed by atoms with Crippen LogP contribution in [0.25, 0.3) is 0 Å². The zero-order valence-corrected chi connectivity index (χ0v) is 16.3. The second-order valence-corrected chi connectivity index (χ2v) is 8.63. The van der Waals surface area contributed by atoms with E-state index >= 15 is 0 Å². The van der Waals surface area contributed by atoms with Crippen molar-refractivity contribution in [1.29, 1.82) is 0 Å². The summed E-state index contributed by atoms with van der Waals surface area (Å²) in [5, 5.41) is 19.7. The summed E-state index contributed by atoms with van der Waals surface area (Å²) >= 11 is 0. The number of hydrogen-bond donors (Lipinski definition) is 2. The van der Waals surface area contributed by atoms with Crippen LogP contribution in [-0.4, -0.2) is 52.2 Å². The Bertz CT molecular complexity index is 808. The third-order valence-corrected chi connectivity index (χ3v) is 6.77. The van der Waals surface area contributed by atoms with Gasteiger partial charge in [-0.1, -0.05) is 38.1 Å². The van der Waals surface area contributed by atoms with Crippen LogP contribution in [0.3, 0.4) is 0 Å². The Kier molecular flexibility index (Phi) is 4.87. The second kappa shape index (κ2) is 7.17. The number of phenols is 2. The van der Waals surface area contributed by atoms with E-state index < -0.39 is 0 Å². The number of fused-ring (bicyclic) bond motifs is 1. The van der Waals surface area contributed by atoms with Crippen LogP contribution in [0, 0.1) is 5.92 Å². The summed E-state index contributed by atoms with van der Waals surface area (Å²) < 4.78 is 0. The molecule has 0 saturated carbocycles. The van der Waals surface area contributed by atoms with Gasteiger partial charge in [-0.3, -0.25) is 9.80 Å². The van der Waals surface area contributed by atoms with Crippen molar-refractivity contribution < 1.29 is 10.2 Å². The quantitative estimate of drug-likeness (QED) is 0.872. The van der Waals surface area contributed by atoms with Crippen molar-refractivity contribution in [1.82, 2.24) is 9.80 Å². The highest BCUT2D eigenvalue weighted by atomic mass is 16.3. The van der Waals surface area contributed by atoms with Crippen LogP contribution in [-0.2, 0) is 12.0 Å². The summed E-state index contributed by atoms with van der Waals surface area (Å²) in [6.45, 7) is 9.92. The van der Waals surface area contributed by atoms with Gasteiger partial charge in [-0.2, -0.15) is 0 Å². The van der Waals surface area contributed by atoms with Crippen molar-refractivity contribution in [3.05, 3.63) is 59.7 Å². The topological polar surface area (TPSA) is 46.9 Å². The maximum atomic E-state index is 9.97. The lowest BCUT2D eigenvalue weighted by Crippen LogP contribution is -2.60. The number of rotatable bonds is 3. The summed E-state index contributed by atoms with van der Waals surface area (Å²) in [4.78, 5) is 5.16. The lowest BCUT2D eigenvalue weighted by Gasteiger charge is -2.53. The van der Waals surface area contributed by atoms with Gasteiger partial charge < -0.3 is 10.2 Å². The van der Waals surface area contributed by atoms with E-state index in [4.69, 9.17) is 0 Å². The summed E-state index contributed by atoms with van der Waals surface area (Å²) in [6, 6.07) is 16.0. The van der Waals surface area contributed by atoms with Gasteiger partial charge in [-0.25, -0.2) is 0 Å². The maximum absolute atomic E-state index is 9.97. The summed E-state index contributed by atoms with van der Waals surface area (Å²) in [6.07, 6.45) is 1.11. The highest BCUT2D eigenvalue weighted by Crippen LogP contribution is 2.43. The van der Waals surface area contributed by atoms with Crippen LogP contribution < -0.4 is 0 Å².